The summed E-state index contributed by atoms with van der Waals surface area (Å²) < 4.78 is 13.7. The lowest BCUT2D eigenvalue weighted by Gasteiger charge is -2.43. The van der Waals surface area contributed by atoms with Gasteiger partial charge >= 0.3 is 0 Å². The standard InChI is InChI=1S/C19H24N4O3/c1-25-19-7-6-15(26-17-5-2-3-9-20-17)13-16(19)23(12-8-19)18(24)14-22-11-4-10-21-22/h2-5,9-11,15-16H,6-8,12-14H2,1H3/t15-,16-,19+/m0/s1. The van der Waals surface area contributed by atoms with Crippen molar-refractivity contribution in [1.82, 2.24) is 19.7 Å². The number of carbonyl (C=O) groups is 1. The number of amides is 1. The average Bonchev–Trinajstić information content (AvgIpc) is 3.30. The van der Waals surface area contributed by atoms with Crippen LogP contribution in [0.15, 0.2) is 42.9 Å². The normalized spacial score (nSPS) is 28.0. The molecule has 1 amide bonds. The summed E-state index contributed by atoms with van der Waals surface area (Å²) in [5, 5.41) is 4.14. The number of fused-ring (bicyclic) bond motifs is 1. The Morgan fingerprint density at radius 2 is 2.23 bits per heavy atom. The zero-order valence-electron chi connectivity index (χ0n) is 15.0. The van der Waals surface area contributed by atoms with Crippen LogP contribution >= 0.6 is 0 Å². The Labute approximate surface area is 152 Å². The first-order valence-corrected chi connectivity index (χ1v) is 9.10. The number of hydrogen-bond donors (Lipinski definition) is 0. The fourth-order valence-electron chi connectivity index (χ4n) is 4.28. The predicted octanol–water partition coefficient (Wildman–Crippen LogP) is 1.90. The molecule has 7 heteroatoms. The van der Waals surface area contributed by atoms with Crippen LogP contribution in [0.5, 0.6) is 5.88 Å². The minimum Gasteiger partial charge on any atom is -0.474 e. The Hall–Kier alpha value is -2.41. The number of aromatic nitrogens is 3. The third kappa shape index (κ3) is 3.19. The van der Waals surface area contributed by atoms with Gasteiger partial charge in [0.2, 0.25) is 11.8 Å². The van der Waals surface area contributed by atoms with Crippen LogP contribution in [0.1, 0.15) is 25.7 Å². The Bertz CT molecular complexity index is 737. The van der Waals surface area contributed by atoms with Gasteiger partial charge in [0.15, 0.2) is 0 Å². The van der Waals surface area contributed by atoms with Gasteiger partial charge in [0, 0.05) is 44.7 Å². The van der Waals surface area contributed by atoms with Crippen LogP contribution in [-0.4, -0.2) is 57.0 Å². The van der Waals surface area contributed by atoms with Gasteiger partial charge < -0.3 is 14.4 Å². The molecule has 3 atom stereocenters. The molecule has 138 valence electrons. The quantitative estimate of drug-likeness (QED) is 0.818. The third-order valence-corrected chi connectivity index (χ3v) is 5.64. The molecule has 0 spiro atoms. The SMILES string of the molecule is CO[C@@]12CC[C@H](Oc3ccccn3)C[C@@H]1N(C(=O)Cn1cccn1)CC2. The topological polar surface area (TPSA) is 69.5 Å². The van der Waals surface area contributed by atoms with E-state index in [-0.39, 0.29) is 30.2 Å². The van der Waals surface area contributed by atoms with E-state index in [0.717, 1.165) is 32.2 Å². The number of pyridine rings is 1. The molecule has 0 radical (unpaired) electrons. The van der Waals surface area contributed by atoms with Crippen molar-refractivity contribution in [3.05, 3.63) is 42.9 Å². The average molecular weight is 356 g/mol. The molecular formula is C19H24N4O3. The van der Waals surface area contributed by atoms with Crippen molar-refractivity contribution in [3.63, 3.8) is 0 Å². The molecule has 1 aliphatic heterocycles. The summed E-state index contributed by atoms with van der Waals surface area (Å²) in [5.74, 6) is 0.714. The molecular weight excluding hydrogens is 332 g/mol. The number of nitrogens with zero attached hydrogens (tertiary/aromatic N) is 4. The molecule has 2 aliphatic rings. The summed E-state index contributed by atoms with van der Waals surface area (Å²) in [6.45, 7) is 0.976. The second-order valence-corrected chi connectivity index (χ2v) is 7.01. The van der Waals surface area contributed by atoms with Crippen LogP contribution in [0.25, 0.3) is 0 Å². The summed E-state index contributed by atoms with van der Waals surface area (Å²) in [6, 6.07) is 7.51. The largest absolute Gasteiger partial charge is 0.474 e. The van der Waals surface area contributed by atoms with Gasteiger partial charge in [-0.3, -0.25) is 9.48 Å². The van der Waals surface area contributed by atoms with Crippen LogP contribution < -0.4 is 4.74 Å². The van der Waals surface area contributed by atoms with E-state index in [4.69, 9.17) is 9.47 Å². The van der Waals surface area contributed by atoms with E-state index < -0.39 is 0 Å². The van der Waals surface area contributed by atoms with E-state index in [1.165, 1.54) is 0 Å². The number of hydrogen-bond acceptors (Lipinski definition) is 5. The monoisotopic (exact) mass is 356 g/mol. The Morgan fingerprint density at radius 1 is 1.31 bits per heavy atom. The molecule has 1 saturated heterocycles. The fraction of sp³-hybridized carbons (Fsp3) is 0.526. The van der Waals surface area contributed by atoms with Crippen LogP contribution in [0.2, 0.25) is 0 Å². The summed E-state index contributed by atoms with van der Waals surface area (Å²) in [6.07, 6.45) is 8.69. The molecule has 0 bridgehead atoms. The van der Waals surface area contributed by atoms with Crippen molar-refractivity contribution in [1.29, 1.82) is 0 Å². The molecule has 1 aliphatic carbocycles. The van der Waals surface area contributed by atoms with Crippen molar-refractivity contribution in [2.45, 2.75) is 50.0 Å². The van der Waals surface area contributed by atoms with E-state index in [1.54, 1.807) is 24.2 Å². The van der Waals surface area contributed by atoms with E-state index in [1.807, 2.05) is 35.4 Å². The predicted molar refractivity (Wildman–Crippen MR) is 94.6 cm³/mol. The molecule has 2 fully saturated rings. The van der Waals surface area contributed by atoms with Crippen LogP contribution in [0.3, 0.4) is 0 Å². The first-order chi connectivity index (χ1) is 12.7. The third-order valence-electron chi connectivity index (χ3n) is 5.64. The molecule has 0 aromatic carbocycles. The molecule has 3 heterocycles. The summed E-state index contributed by atoms with van der Waals surface area (Å²) in [5.41, 5.74) is -0.260. The first kappa shape index (κ1) is 17.0. The van der Waals surface area contributed by atoms with E-state index >= 15 is 0 Å². The maximum Gasteiger partial charge on any atom is 0.244 e. The lowest BCUT2D eigenvalue weighted by molar-refractivity contribution is -0.140. The van der Waals surface area contributed by atoms with Gasteiger partial charge in [-0.2, -0.15) is 5.10 Å². The molecule has 0 N–H and O–H groups in total. The van der Waals surface area contributed by atoms with Gasteiger partial charge in [-0.25, -0.2) is 4.98 Å². The summed E-state index contributed by atoms with van der Waals surface area (Å²) in [7, 11) is 1.76. The number of rotatable bonds is 5. The molecule has 4 rings (SSSR count). The Kier molecular flexibility index (Phi) is 4.63. The highest BCUT2D eigenvalue weighted by molar-refractivity contribution is 5.77. The fourth-order valence-corrected chi connectivity index (χ4v) is 4.28. The zero-order valence-corrected chi connectivity index (χ0v) is 15.0. The number of likely N-dealkylation sites (tertiary alicyclic amines) is 1. The van der Waals surface area contributed by atoms with Gasteiger partial charge in [-0.1, -0.05) is 6.07 Å². The van der Waals surface area contributed by atoms with Gasteiger partial charge in [-0.15, -0.1) is 0 Å². The second kappa shape index (κ2) is 7.07. The lowest BCUT2D eigenvalue weighted by Crippen LogP contribution is -2.54. The molecule has 2 aromatic heterocycles. The van der Waals surface area contributed by atoms with Crippen molar-refractivity contribution >= 4 is 5.91 Å². The van der Waals surface area contributed by atoms with E-state index in [2.05, 4.69) is 10.1 Å². The van der Waals surface area contributed by atoms with Gasteiger partial charge in [-0.05, 0) is 31.4 Å². The van der Waals surface area contributed by atoms with Crippen molar-refractivity contribution in [2.75, 3.05) is 13.7 Å². The van der Waals surface area contributed by atoms with E-state index in [9.17, 15) is 4.79 Å². The Morgan fingerprint density at radius 3 is 2.96 bits per heavy atom. The maximum absolute atomic E-state index is 12.8. The minimum atomic E-state index is -0.260. The van der Waals surface area contributed by atoms with Crippen LogP contribution in [0, 0.1) is 0 Å². The van der Waals surface area contributed by atoms with Gasteiger partial charge in [0.1, 0.15) is 12.6 Å². The minimum absolute atomic E-state index is 0.0259. The van der Waals surface area contributed by atoms with Crippen LogP contribution in [0.4, 0.5) is 0 Å². The zero-order chi connectivity index (χ0) is 18.0. The Balaban J connectivity index is 1.48. The highest BCUT2D eigenvalue weighted by atomic mass is 16.5. The smallest absolute Gasteiger partial charge is 0.244 e. The second-order valence-electron chi connectivity index (χ2n) is 7.01. The van der Waals surface area contributed by atoms with Gasteiger partial charge in [0.25, 0.3) is 0 Å². The maximum atomic E-state index is 12.8. The van der Waals surface area contributed by atoms with Crippen LogP contribution in [-0.2, 0) is 16.1 Å². The number of ether oxygens (including phenoxy) is 2. The molecule has 7 nitrogen and oxygen atoms in total. The van der Waals surface area contributed by atoms with Crippen molar-refractivity contribution < 1.29 is 14.3 Å². The molecule has 1 saturated carbocycles. The van der Waals surface area contributed by atoms with Crippen molar-refractivity contribution in [2.24, 2.45) is 0 Å². The number of carbonyl (C=O) groups excluding carboxylic acids is 1. The molecule has 0 unspecified atom stereocenters. The highest BCUT2D eigenvalue weighted by Gasteiger charge is 2.53. The molecule has 26 heavy (non-hydrogen) atoms. The lowest BCUT2D eigenvalue weighted by atomic mass is 9.79. The van der Waals surface area contributed by atoms with E-state index in [0.29, 0.717) is 5.88 Å². The van der Waals surface area contributed by atoms with Gasteiger partial charge in [0.05, 0.1) is 11.6 Å². The number of methoxy groups -OCH3 is 1. The summed E-state index contributed by atoms with van der Waals surface area (Å²) in [4.78, 5) is 19.1. The highest BCUT2D eigenvalue weighted by Crippen LogP contribution is 2.43. The van der Waals surface area contributed by atoms with Crippen molar-refractivity contribution in [3.8, 4) is 5.88 Å². The first-order valence-electron chi connectivity index (χ1n) is 9.10. The molecule has 2 aromatic rings. The summed E-state index contributed by atoms with van der Waals surface area (Å²) >= 11 is 0.